The highest BCUT2D eigenvalue weighted by molar-refractivity contribution is 7.66. The third kappa shape index (κ3) is 11.0. The van der Waals surface area contributed by atoms with E-state index in [1.807, 2.05) is 0 Å². The number of phosphoric ester groups is 3. The van der Waals surface area contributed by atoms with Gasteiger partial charge in [-0.1, -0.05) is 4.98 Å². The molecule has 5 aromatic rings. The molecule has 0 spiro atoms. The Balaban J connectivity index is 0.903. The first-order chi connectivity index (χ1) is 33.5. The van der Waals surface area contributed by atoms with Crippen LogP contribution in [-0.4, -0.2) is 159 Å². The van der Waals surface area contributed by atoms with Gasteiger partial charge in [-0.2, -0.15) is 14.3 Å². The summed E-state index contributed by atoms with van der Waals surface area (Å²) in [5, 5.41) is 54.0. The average Bonchev–Trinajstić information content (AvgIpc) is 4.05. The van der Waals surface area contributed by atoms with Crippen molar-refractivity contribution in [2.24, 2.45) is 7.05 Å². The van der Waals surface area contributed by atoms with E-state index in [1.54, 1.807) is 0 Å². The van der Waals surface area contributed by atoms with Gasteiger partial charge in [-0.25, -0.2) is 32.4 Å². The number of anilines is 3. The molecule has 16 atom stereocenters. The molecule has 0 aromatic carbocycles. The van der Waals surface area contributed by atoms with E-state index in [4.69, 9.17) is 40.5 Å². The molecule has 5 aromatic heterocycles. The number of imidazole rings is 2. The summed E-state index contributed by atoms with van der Waals surface area (Å²) in [6.07, 6.45) is -19.1. The van der Waals surface area contributed by atoms with Crippen molar-refractivity contribution in [3.8, 4) is 0 Å². The van der Waals surface area contributed by atoms with Gasteiger partial charge in [-0.15, -0.1) is 0 Å². The van der Waals surface area contributed by atoms with Gasteiger partial charge in [-0.05, 0) is 6.07 Å². The number of rotatable bonds is 18. The second-order valence-corrected chi connectivity index (χ2v) is 21.7. The highest BCUT2D eigenvalue weighted by atomic mass is 31.3. The van der Waals surface area contributed by atoms with Gasteiger partial charge >= 0.3 is 34.8 Å². The molecule has 4 unspecified atom stereocenters. The Kier molecular flexibility index (Phi) is 14.7. The smallest absolute Gasteiger partial charge is 0.487 e. The Labute approximate surface area is 397 Å². The molecule has 0 saturated carbocycles. The highest BCUT2D eigenvalue weighted by Gasteiger charge is 2.52. The van der Waals surface area contributed by atoms with E-state index in [0.29, 0.717) is 4.57 Å². The maximum absolute atomic E-state index is 13.4. The van der Waals surface area contributed by atoms with Crippen LogP contribution in [0, 0.1) is 0 Å². The quantitative estimate of drug-likeness (QED) is 0.0287. The number of ether oxygens (including phenoxy) is 3. The van der Waals surface area contributed by atoms with Gasteiger partial charge in [0.05, 0.1) is 33.2 Å². The van der Waals surface area contributed by atoms with Crippen molar-refractivity contribution in [1.29, 1.82) is 0 Å². The number of phosphoric acid groups is 4. The number of nitrogens with one attached hydrogen (secondary N) is 2. The molecule has 3 fully saturated rings. The maximum atomic E-state index is 13.4. The zero-order chi connectivity index (χ0) is 52.6. The molecule has 3 aliphatic rings. The number of aromatic nitrogens is 10. The number of nitrogen functional groups attached to an aromatic ring is 3. The van der Waals surface area contributed by atoms with Crippen molar-refractivity contribution in [2.75, 3.05) is 37.0 Å². The third-order valence-electron chi connectivity index (χ3n) is 10.8. The molecule has 8 heterocycles. The van der Waals surface area contributed by atoms with E-state index in [-0.39, 0.29) is 40.0 Å². The van der Waals surface area contributed by atoms with Crippen molar-refractivity contribution in [3.63, 3.8) is 0 Å². The van der Waals surface area contributed by atoms with Crippen LogP contribution >= 0.6 is 31.3 Å². The van der Waals surface area contributed by atoms with Gasteiger partial charge in [0.1, 0.15) is 60.8 Å². The van der Waals surface area contributed by atoms with Gasteiger partial charge in [0.15, 0.2) is 29.9 Å². The van der Waals surface area contributed by atoms with Crippen molar-refractivity contribution >= 4 is 71.3 Å². The summed E-state index contributed by atoms with van der Waals surface area (Å²) < 4.78 is 99.7. The lowest BCUT2D eigenvalue weighted by Gasteiger charge is -2.27. The van der Waals surface area contributed by atoms with E-state index in [2.05, 4.69) is 47.6 Å². The zero-order valence-corrected chi connectivity index (χ0v) is 39.6. The van der Waals surface area contributed by atoms with Crippen LogP contribution in [-0.2, 0) is 66.2 Å². The SMILES string of the molecule is Cn1c[n+]([C@@H]2O[C@H](COP(=O)([O-])OP(=O)(O)OP(=O)(O)OC[C@H]3O[C@@H](n4ccc(N)nc4=O)[C@H](O)[C@@H]3OP(=O)(O)OC[C@H]3O[C@@H](n4cnc5c(=O)[nH]c(N)nc54)[C@H](O)[C@@H]3O)[C@@H](O)[C@H]2O)c2nc(N)[nH]c(=O)c21. The molecule has 38 nitrogen and oxygen atoms in total. The molecule has 16 N–H and O–H groups in total. The molecule has 0 amide bonds. The summed E-state index contributed by atoms with van der Waals surface area (Å²) in [6.45, 7) is -3.73. The molecule has 3 aliphatic heterocycles. The van der Waals surface area contributed by atoms with Crippen LogP contribution in [0.5, 0.6) is 0 Å². The van der Waals surface area contributed by atoms with Gasteiger partial charge < -0.3 is 81.0 Å². The molecule has 8 rings (SSSR count). The maximum Gasteiger partial charge on any atom is 0.487 e. The fourth-order valence-corrected chi connectivity index (χ4v) is 12.1. The number of nitrogens with zero attached hydrogens (tertiary/aromatic N) is 8. The van der Waals surface area contributed by atoms with Gasteiger partial charge in [0, 0.05) is 6.20 Å². The molecular weight excluding hydrogens is 1070 g/mol. The number of aromatic amines is 2. The lowest BCUT2D eigenvalue weighted by molar-refractivity contribution is -0.745. The predicted octanol–water partition coefficient (Wildman–Crippen LogP) is -6.58. The highest BCUT2D eigenvalue weighted by Crippen LogP contribution is 2.67. The summed E-state index contributed by atoms with van der Waals surface area (Å²) in [6, 6.07) is 1.06. The van der Waals surface area contributed by atoms with E-state index in [9.17, 15) is 77.8 Å². The fraction of sp³-hybridized carbons (Fsp3) is 0.533. The van der Waals surface area contributed by atoms with Crippen LogP contribution in [0.25, 0.3) is 22.3 Å². The molecular formula is C30H41N13O25P4. The topological polar surface area (TPSA) is 567 Å². The van der Waals surface area contributed by atoms with Crippen LogP contribution in [0.1, 0.15) is 18.7 Å². The summed E-state index contributed by atoms with van der Waals surface area (Å²) in [5.74, 6) is -0.974. The standard InChI is InChI=1S/C30H41N13O25P4/c1-40-8-43(22-14(40)24(50)39-29(33)37-22)26-18(47)16(45)10(64-26)5-61-70(54,55)67-72(58,59)68-71(56,57)62-6-11-20(19(48)27(65-11)41-3-2-12(31)35-30(41)51)66-69(52,53)60-4-9-15(44)17(46)25(63-9)42-7-34-13-21(42)36-28(32)38-23(13)49/h2-3,7-11,15-20,25-27,44-48H,4-6H2,1H3,(H11-,31,32,33,35,36,37,38,39,49,50,51,52,53,54,55,56,57,58,59)/t9-,10-,11-,15-,16-,17-,18-,19-,20-,25-,26-,27-/m1/s1. The first-order valence-electron chi connectivity index (χ1n) is 20.1. The van der Waals surface area contributed by atoms with E-state index < -0.39 is 142 Å². The number of hydrogen-bond acceptors (Lipinski definition) is 29. The van der Waals surface area contributed by atoms with E-state index in [0.717, 1.165) is 27.7 Å². The van der Waals surface area contributed by atoms with Crippen LogP contribution in [0.3, 0.4) is 0 Å². The lowest BCUT2D eigenvalue weighted by Crippen LogP contribution is -2.46. The van der Waals surface area contributed by atoms with Gasteiger partial charge in [0.2, 0.25) is 17.7 Å². The number of aliphatic hydroxyl groups excluding tert-OH is 5. The minimum Gasteiger partial charge on any atom is -0.756 e. The average molecular weight is 1110 g/mol. The number of fused-ring (bicyclic) bond motifs is 2. The Morgan fingerprint density at radius 1 is 0.736 bits per heavy atom. The van der Waals surface area contributed by atoms with Gasteiger partial charge in [-0.3, -0.25) is 51.4 Å². The predicted molar refractivity (Wildman–Crippen MR) is 225 cm³/mol. The monoisotopic (exact) mass is 1110 g/mol. The van der Waals surface area contributed by atoms with E-state index in [1.165, 1.54) is 17.9 Å². The van der Waals surface area contributed by atoms with Crippen molar-refractivity contribution in [2.45, 2.75) is 73.6 Å². The minimum atomic E-state index is -6.30. The van der Waals surface area contributed by atoms with Crippen LogP contribution in [0.15, 0.2) is 39.3 Å². The molecule has 0 radical (unpaired) electrons. The first-order valence-corrected chi connectivity index (χ1v) is 26.0. The zero-order valence-electron chi connectivity index (χ0n) is 36.0. The van der Waals surface area contributed by atoms with Crippen LogP contribution in [0.2, 0.25) is 0 Å². The molecule has 0 bridgehead atoms. The molecule has 396 valence electrons. The van der Waals surface area contributed by atoms with Gasteiger partial charge in [0.25, 0.3) is 24.9 Å². The van der Waals surface area contributed by atoms with Crippen molar-refractivity contribution in [3.05, 3.63) is 56.1 Å². The summed E-state index contributed by atoms with van der Waals surface area (Å²) >= 11 is 0. The Hall–Kier alpha value is -4.82. The van der Waals surface area contributed by atoms with Crippen LogP contribution in [0.4, 0.5) is 17.7 Å². The van der Waals surface area contributed by atoms with Crippen molar-refractivity contribution < 1.29 is 109 Å². The number of hydrogen-bond donors (Lipinski definition) is 13. The Bertz CT molecular complexity index is 3260. The summed E-state index contributed by atoms with van der Waals surface area (Å²) in [4.78, 5) is 101. The first kappa shape index (κ1) is 53.5. The number of H-pyrrole nitrogens is 2. The fourth-order valence-electron chi connectivity index (χ4n) is 7.61. The minimum absolute atomic E-state index is 0.0469. The molecule has 72 heavy (non-hydrogen) atoms. The summed E-state index contributed by atoms with van der Waals surface area (Å²) in [5.41, 5.74) is 13.5. The number of aliphatic hydroxyl groups is 5. The van der Waals surface area contributed by atoms with Crippen LogP contribution < -0.4 is 43.5 Å². The number of aryl methyl sites for hydroxylation is 1. The third-order valence-corrected chi connectivity index (χ3v) is 16.0. The summed E-state index contributed by atoms with van der Waals surface area (Å²) in [7, 11) is -22.6. The Morgan fingerprint density at radius 2 is 1.33 bits per heavy atom. The van der Waals surface area contributed by atoms with E-state index >= 15 is 0 Å². The molecule has 3 saturated heterocycles. The second kappa shape index (κ2) is 19.8. The van der Waals surface area contributed by atoms with Crippen molar-refractivity contribution in [1.82, 2.24) is 43.6 Å². The number of nitrogens with two attached hydrogens (primary N) is 3. The molecule has 0 aliphatic carbocycles. The Morgan fingerprint density at radius 3 is 2.04 bits per heavy atom. The lowest BCUT2D eigenvalue weighted by atomic mass is 10.1. The largest absolute Gasteiger partial charge is 0.756 e. The second-order valence-electron chi connectivity index (χ2n) is 15.7. The molecule has 42 heteroatoms. The normalized spacial score (nSPS) is 31.1.